The quantitative estimate of drug-likeness (QED) is 0.196. The highest BCUT2D eigenvalue weighted by molar-refractivity contribution is 5.70. The molecule has 2 aromatic rings. The van der Waals surface area contributed by atoms with Gasteiger partial charge >= 0.3 is 11.9 Å². The molecule has 2 N–H and O–H groups in total. The molecule has 2 aromatic carbocycles. The van der Waals surface area contributed by atoms with Crippen LogP contribution in [-0.4, -0.2) is 35.4 Å². The molecule has 0 aliphatic rings. The third kappa shape index (κ3) is 10.5. The summed E-state index contributed by atoms with van der Waals surface area (Å²) in [6.45, 7) is 16.9. The predicted octanol–water partition coefficient (Wildman–Crippen LogP) is 7.52. The molecule has 0 fully saturated rings. The highest BCUT2D eigenvalue weighted by Gasteiger charge is 2.21. The predicted molar refractivity (Wildman–Crippen MR) is 160 cm³/mol. The third-order valence-corrected chi connectivity index (χ3v) is 7.14. The zero-order valence-corrected chi connectivity index (χ0v) is 25.9. The van der Waals surface area contributed by atoms with Crippen molar-refractivity contribution in [1.29, 1.82) is 0 Å². The zero-order chi connectivity index (χ0) is 30.1. The molecule has 0 saturated heterocycles. The molecule has 0 amide bonds. The number of carbonyl (C=O) groups excluding carboxylic acids is 2. The van der Waals surface area contributed by atoms with E-state index < -0.39 is 0 Å². The van der Waals surface area contributed by atoms with Crippen LogP contribution in [0.5, 0.6) is 11.5 Å². The van der Waals surface area contributed by atoms with Gasteiger partial charge in [-0.05, 0) is 96.6 Å². The Balaban J connectivity index is 1.59. The Morgan fingerprint density at radius 1 is 0.625 bits per heavy atom. The normalized spacial score (nSPS) is 11.9. The van der Waals surface area contributed by atoms with Gasteiger partial charge in [0.25, 0.3) is 0 Å². The molecule has 0 atom stereocenters. The van der Waals surface area contributed by atoms with Crippen molar-refractivity contribution >= 4 is 11.9 Å². The molecule has 0 spiro atoms. The van der Waals surface area contributed by atoms with Gasteiger partial charge in [0.2, 0.25) is 0 Å². The number of unbranched alkanes of at least 4 members (excludes halogenated alkanes) is 3. The molecule has 222 valence electrons. The lowest BCUT2D eigenvalue weighted by Gasteiger charge is -2.22. The van der Waals surface area contributed by atoms with Crippen LogP contribution in [0.2, 0.25) is 0 Å². The standard InChI is InChI=1S/C34H50O6/c1-23-19-25(21-27(31(23)37)33(3,4)5)13-15-29(35)39-17-11-9-10-12-18-40-30(36)16-14-26-20-24(2)32(38)28(22-26)34(6,7)8/h19-22,37-38H,9-18H2,1-8H3. The average Bonchev–Trinajstić information content (AvgIpc) is 2.85. The number of aromatic hydroxyl groups is 2. The maximum absolute atomic E-state index is 12.2. The van der Waals surface area contributed by atoms with E-state index in [4.69, 9.17) is 9.47 Å². The summed E-state index contributed by atoms with van der Waals surface area (Å²) in [5.74, 6) is 0.228. The molecule has 40 heavy (non-hydrogen) atoms. The monoisotopic (exact) mass is 554 g/mol. The van der Waals surface area contributed by atoms with Crippen molar-refractivity contribution in [1.82, 2.24) is 0 Å². The second-order valence-corrected chi connectivity index (χ2v) is 13.0. The molecule has 0 radical (unpaired) electrons. The van der Waals surface area contributed by atoms with Crippen LogP contribution in [0.15, 0.2) is 24.3 Å². The van der Waals surface area contributed by atoms with Gasteiger partial charge < -0.3 is 19.7 Å². The first-order valence-corrected chi connectivity index (χ1v) is 14.6. The van der Waals surface area contributed by atoms with Crippen LogP contribution in [0.25, 0.3) is 0 Å². The number of esters is 2. The van der Waals surface area contributed by atoms with Gasteiger partial charge in [-0.25, -0.2) is 0 Å². The second kappa shape index (κ2) is 14.6. The van der Waals surface area contributed by atoms with Gasteiger partial charge in [0.1, 0.15) is 11.5 Å². The van der Waals surface area contributed by atoms with Crippen molar-refractivity contribution in [2.75, 3.05) is 13.2 Å². The molecule has 6 heteroatoms. The number of rotatable bonds is 13. The summed E-state index contributed by atoms with van der Waals surface area (Å²) in [7, 11) is 0. The van der Waals surface area contributed by atoms with E-state index in [0.29, 0.717) is 50.4 Å². The second-order valence-electron chi connectivity index (χ2n) is 13.0. The van der Waals surface area contributed by atoms with E-state index in [1.807, 2.05) is 38.1 Å². The lowest BCUT2D eigenvalue weighted by molar-refractivity contribution is -0.145. The minimum Gasteiger partial charge on any atom is -0.507 e. The number of ether oxygens (including phenoxy) is 2. The Bertz CT molecular complexity index is 1060. The molecule has 2 rings (SSSR count). The van der Waals surface area contributed by atoms with Crippen LogP contribution in [-0.2, 0) is 42.7 Å². The van der Waals surface area contributed by atoms with Crippen LogP contribution < -0.4 is 0 Å². The van der Waals surface area contributed by atoms with Gasteiger partial charge in [0, 0.05) is 12.8 Å². The van der Waals surface area contributed by atoms with Gasteiger partial charge in [0.15, 0.2) is 0 Å². The van der Waals surface area contributed by atoms with Crippen LogP contribution in [0, 0.1) is 13.8 Å². The van der Waals surface area contributed by atoms with Crippen molar-refractivity contribution in [3.63, 3.8) is 0 Å². The van der Waals surface area contributed by atoms with Crippen molar-refractivity contribution in [3.8, 4) is 11.5 Å². The maximum Gasteiger partial charge on any atom is 0.306 e. The van der Waals surface area contributed by atoms with Gasteiger partial charge in [-0.2, -0.15) is 0 Å². The largest absolute Gasteiger partial charge is 0.507 e. The molecular formula is C34H50O6. The number of benzene rings is 2. The molecule has 0 bridgehead atoms. The first kappa shape index (κ1) is 33.2. The van der Waals surface area contributed by atoms with Crippen LogP contribution >= 0.6 is 0 Å². The molecule has 0 aliphatic heterocycles. The van der Waals surface area contributed by atoms with Gasteiger partial charge in [-0.3, -0.25) is 9.59 Å². The first-order chi connectivity index (χ1) is 18.6. The average molecular weight is 555 g/mol. The van der Waals surface area contributed by atoms with Crippen molar-refractivity contribution in [2.45, 2.75) is 118 Å². The number of phenolic OH excluding ortho intramolecular Hbond substituents is 2. The maximum atomic E-state index is 12.2. The molecule has 0 aliphatic carbocycles. The Hall–Kier alpha value is -3.02. The minimum absolute atomic E-state index is 0.173. The lowest BCUT2D eigenvalue weighted by atomic mass is 9.83. The number of phenols is 2. The van der Waals surface area contributed by atoms with Crippen molar-refractivity contribution in [3.05, 3.63) is 57.6 Å². The summed E-state index contributed by atoms with van der Waals surface area (Å²) in [5.41, 5.74) is 5.14. The molecule has 0 aromatic heterocycles. The minimum atomic E-state index is -0.213. The van der Waals surface area contributed by atoms with E-state index in [1.165, 1.54) is 0 Å². The van der Waals surface area contributed by atoms with Crippen molar-refractivity contribution < 1.29 is 29.3 Å². The summed E-state index contributed by atoms with van der Waals surface area (Å²) in [4.78, 5) is 24.4. The Morgan fingerprint density at radius 3 is 1.30 bits per heavy atom. The van der Waals surface area contributed by atoms with Crippen molar-refractivity contribution in [2.24, 2.45) is 0 Å². The van der Waals surface area contributed by atoms with E-state index >= 15 is 0 Å². The number of hydrogen-bond donors (Lipinski definition) is 2. The topological polar surface area (TPSA) is 93.1 Å². The fourth-order valence-electron chi connectivity index (χ4n) is 4.71. The molecule has 6 nitrogen and oxygen atoms in total. The first-order valence-electron chi connectivity index (χ1n) is 14.6. The lowest BCUT2D eigenvalue weighted by Crippen LogP contribution is -2.13. The highest BCUT2D eigenvalue weighted by atomic mass is 16.5. The fraction of sp³-hybridized carbons (Fsp3) is 0.588. The molecule has 0 heterocycles. The Labute approximate surface area is 241 Å². The van der Waals surface area contributed by atoms with Gasteiger partial charge in [-0.15, -0.1) is 0 Å². The fourth-order valence-corrected chi connectivity index (χ4v) is 4.71. The summed E-state index contributed by atoms with van der Waals surface area (Å²) in [6.07, 6.45) is 5.15. The van der Waals surface area contributed by atoms with E-state index in [-0.39, 0.29) is 22.8 Å². The summed E-state index contributed by atoms with van der Waals surface area (Å²) in [6, 6.07) is 7.84. The number of hydrogen-bond acceptors (Lipinski definition) is 6. The molecule has 0 unspecified atom stereocenters. The molecule has 0 saturated carbocycles. The van der Waals surface area contributed by atoms with Gasteiger partial charge in [0.05, 0.1) is 13.2 Å². The summed E-state index contributed by atoms with van der Waals surface area (Å²) < 4.78 is 10.8. The van der Waals surface area contributed by atoms with Crippen LogP contribution in [0.3, 0.4) is 0 Å². The van der Waals surface area contributed by atoms with E-state index in [0.717, 1.165) is 59.1 Å². The third-order valence-electron chi connectivity index (χ3n) is 7.14. The van der Waals surface area contributed by atoms with E-state index in [1.54, 1.807) is 0 Å². The van der Waals surface area contributed by atoms with Crippen LogP contribution in [0.4, 0.5) is 0 Å². The van der Waals surface area contributed by atoms with E-state index in [9.17, 15) is 19.8 Å². The van der Waals surface area contributed by atoms with Gasteiger partial charge in [-0.1, -0.05) is 65.8 Å². The smallest absolute Gasteiger partial charge is 0.306 e. The number of aryl methyl sites for hydroxylation is 4. The Kier molecular flexibility index (Phi) is 12.1. The molecular weight excluding hydrogens is 504 g/mol. The summed E-state index contributed by atoms with van der Waals surface area (Å²) in [5, 5.41) is 20.7. The zero-order valence-electron chi connectivity index (χ0n) is 25.9. The summed E-state index contributed by atoms with van der Waals surface area (Å²) >= 11 is 0. The SMILES string of the molecule is Cc1cc(CCC(=O)OCCCCCCOC(=O)CCc2cc(C)c(O)c(C(C)(C)C)c2)cc(C(C)(C)C)c1O. The number of carbonyl (C=O) groups is 2. The van der Waals surface area contributed by atoms with E-state index in [2.05, 4.69) is 41.5 Å². The highest BCUT2D eigenvalue weighted by Crippen LogP contribution is 2.35. The van der Waals surface area contributed by atoms with Crippen LogP contribution in [0.1, 0.15) is 113 Å². The Morgan fingerprint density at radius 2 is 0.975 bits per heavy atom.